The summed E-state index contributed by atoms with van der Waals surface area (Å²) in [5.41, 5.74) is 2.61. The van der Waals surface area contributed by atoms with E-state index in [-0.39, 0.29) is 5.56 Å². The quantitative estimate of drug-likeness (QED) is 0.639. The van der Waals surface area contributed by atoms with Crippen LogP contribution in [0, 0.1) is 0 Å². The second-order valence-corrected chi connectivity index (χ2v) is 6.86. The molecule has 0 spiro atoms. The third kappa shape index (κ3) is 3.63. The molecule has 0 aliphatic heterocycles. The third-order valence-electron chi connectivity index (χ3n) is 3.67. The van der Waals surface area contributed by atoms with Gasteiger partial charge in [-0.3, -0.25) is 0 Å². The van der Waals surface area contributed by atoms with Gasteiger partial charge in [0.2, 0.25) is 0 Å². The van der Waals surface area contributed by atoms with Gasteiger partial charge in [-0.15, -0.1) is 11.3 Å². The lowest BCUT2D eigenvalue weighted by Gasteiger charge is -2.09. The normalized spacial score (nSPS) is 11.7. The van der Waals surface area contributed by atoms with Gasteiger partial charge >= 0.3 is 5.97 Å². The number of hydrogen-bond donors (Lipinski definition) is 1. The average molecular weight is 393 g/mol. The number of nitrogens with zero attached hydrogens (tertiary/aromatic N) is 2. The average Bonchev–Trinajstić information content (AvgIpc) is 2.97. The van der Waals surface area contributed by atoms with E-state index in [1.54, 1.807) is 12.1 Å². The van der Waals surface area contributed by atoms with Crippen molar-refractivity contribution in [2.45, 2.75) is 13.5 Å². The fraction of sp³-hybridized carbons (Fsp3) is 0.111. The highest BCUT2D eigenvalue weighted by Crippen LogP contribution is 2.34. The van der Waals surface area contributed by atoms with Gasteiger partial charge in [-0.05, 0) is 43.3 Å². The molecule has 128 valence electrons. The summed E-state index contributed by atoms with van der Waals surface area (Å²) >= 11 is 14.1. The molecule has 0 saturated heterocycles. The van der Waals surface area contributed by atoms with Gasteiger partial charge in [0.25, 0.3) is 0 Å². The fourth-order valence-electron chi connectivity index (χ4n) is 2.46. The zero-order valence-corrected chi connectivity index (χ0v) is 15.6. The van der Waals surface area contributed by atoms with Crippen molar-refractivity contribution in [3.63, 3.8) is 0 Å². The van der Waals surface area contributed by atoms with Gasteiger partial charge in [0.15, 0.2) is 4.80 Å². The minimum absolute atomic E-state index is 0.233. The van der Waals surface area contributed by atoms with Crippen molar-refractivity contribution >= 4 is 46.2 Å². The summed E-state index contributed by atoms with van der Waals surface area (Å²) in [7, 11) is 0. The minimum atomic E-state index is -0.957. The summed E-state index contributed by atoms with van der Waals surface area (Å²) in [6.07, 6.45) is 0. The van der Waals surface area contributed by atoms with Crippen molar-refractivity contribution in [1.29, 1.82) is 0 Å². The zero-order chi connectivity index (χ0) is 18.0. The largest absolute Gasteiger partial charge is 0.478 e. The summed E-state index contributed by atoms with van der Waals surface area (Å²) in [4.78, 5) is 16.3. The molecule has 3 aromatic rings. The molecule has 0 saturated carbocycles. The predicted octanol–water partition coefficient (Wildman–Crippen LogP) is 5.47. The van der Waals surface area contributed by atoms with E-state index in [4.69, 9.17) is 28.3 Å². The Balaban J connectivity index is 2.10. The Hall–Kier alpha value is -2.08. The van der Waals surface area contributed by atoms with E-state index >= 15 is 0 Å². The molecular weight excluding hydrogens is 379 g/mol. The molecule has 0 bridgehead atoms. The maximum absolute atomic E-state index is 10.9. The van der Waals surface area contributed by atoms with Crippen LogP contribution in [0.15, 0.2) is 52.8 Å². The SMILES string of the molecule is CCn1c(-c2c(Cl)cccc2Cl)cs/c1=N\c1ccc(C(=O)O)cc1. The lowest BCUT2D eigenvalue weighted by Crippen LogP contribution is -2.14. The first-order chi connectivity index (χ1) is 12.0. The Labute approximate surface area is 158 Å². The first-order valence-corrected chi connectivity index (χ1v) is 9.15. The van der Waals surface area contributed by atoms with Gasteiger partial charge in [0, 0.05) is 17.5 Å². The molecule has 25 heavy (non-hydrogen) atoms. The van der Waals surface area contributed by atoms with Crippen molar-refractivity contribution in [2.75, 3.05) is 0 Å². The number of carboxylic acid groups (broad SMARTS) is 1. The van der Waals surface area contributed by atoms with Crippen LogP contribution in [0.25, 0.3) is 11.3 Å². The lowest BCUT2D eigenvalue weighted by molar-refractivity contribution is 0.0697. The van der Waals surface area contributed by atoms with Crippen LogP contribution >= 0.6 is 34.5 Å². The highest BCUT2D eigenvalue weighted by molar-refractivity contribution is 7.07. The fourth-order valence-corrected chi connectivity index (χ4v) is 4.02. The van der Waals surface area contributed by atoms with E-state index < -0.39 is 5.97 Å². The highest BCUT2D eigenvalue weighted by atomic mass is 35.5. The van der Waals surface area contributed by atoms with Crippen LogP contribution in [0.1, 0.15) is 17.3 Å². The van der Waals surface area contributed by atoms with E-state index in [0.29, 0.717) is 22.3 Å². The van der Waals surface area contributed by atoms with E-state index in [0.717, 1.165) is 16.1 Å². The van der Waals surface area contributed by atoms with E-state index in [9.17, 15) is 4.79 Å². The Morgan fingerprint density at radius 3 is 2.36 bits per heavy atom. The molecule has 0 radical (unpaired) electrons. The molecule has 0 atom stereocenters. The molecule has 3 rings (SSSR count). The van der Waals surface area contributed by atoms with Crippen LogP contribution in [0.4, 0.5) is 5.69 Å². The summed E-state index contributed by atoms with van der Waals surface area (Å²) in [5, 5.41) is 12.1. The Morgan fingerprint density at radius 1 is 1.16 bits per heavy atom. The van der Waals surface area contributed by atoms with Gasteiger partial charge < -0.3 is 9.67 Å². The molecule has 0 fully saturated rings. The van der Waals surface area contributed by atoms with Crippen molar-refractivity contribution in [1.82, 2.24) is 4.57 Å². The minimum Gasteiger partial charge on any atom is -0.478 e. The second kappa shape index (κ2) is 7.44. The molecular formula is C18H14Cl2N2O2S. The number of carbonyl (C=O) groups is 1. The topological polar surface area (TPSA) is 54.6 Å². The number of hydrogen-bond acceptors (Lipinski definition) is 3. The van der Waals surface area contributed by atoms with E-state index in [1.807, 2.05) is 35.1 Å². The van der Waals surface area contributed by atoms with Gasteiger partial charge in [-0.25, -0.2) is 9.79 Å². The first kappa shape index (κ1) is 17.7. The van der Waals surface area contributed by atoms with Crippen LogP contribution in [0.2, 0.25) is 10.0 Å². The summed E-state index contributed by atoms with van der Waals surface area (Å²) in [5.74, 6) is -0.957. The first-order valence-electron chi connectivity index (χ1n) is 7.52. The van der Waals surface area contributed by atoms with Crippen LogP contribution in [-0.4, -0.2) is 15.6 Å². The van der Waals surface area contributed by atoms with E-state index in [2.05, 4.69) is 4.99 Å². The lowest BCUT2D eigenvalue weighted by atomic mass is 10.1. The Kier molecular flexibility index (Phi) is 5.27. The van der Waals surface area contributed by atoms with Crippen molar-refractivity contribution < 1.29 is 9.90 Å². The zero-order valence-electron chi connectivity index (χ0n) is 13.2. The smallest absolute Gasteiger partial charge is 0.335 e. The van der Waals surface area contributed by atoms with Gasteiger partial charge in [0.1, 0.15) is 0 Å². The monoisotopic (exact) mass is 392 g/mol. The standard InChI is InChI=1S/C18H14Cl2N2O2S/c1-2-22-15(16-13(19)4-3-5-14(16)20)10-25-18(22)21-12-8-6-11(7-9-12)17(23)24/h3-10H,2H2,1H3,(H,23,24)/b21-18-. The number of aromatic nitrogens is 1. The summed E-state index contributed by atoms with van der Waals surface area (Å²) < 4.78 is 2.03. The molecule has 1 N–H and O–H groups in total. The summed E-state index contributed by atoms with van der Waals surface area (Å²) in [6, 6.07) is 11.9. The van der Waals surface area contributed by atoms with Crippen LogP contribution in [0.5, 0.6) is 0 Å². The summed E-state index contributed by atoms with van der Waals surface area (Å²) in [6.45, 7) is 2.72. The van der Waals surface area contributed by atoms with Crippen molar-refractivity contribution in [2.24, 2.45) is 4.99 Å². The molecule has 0 unspecified atom stereocenters. The number of rotatable bonds is 4. The number of carboxylic acids is 1. The molecule has 4 nitrogen and oxygen atoms in total. The second-order valence-electron chi connectivity index (χ2n) is 5.21. The van der Waals surface area contributed by atoms with E-state index in [1.165, 1.54) is 23.5 Å². The molecule has 7 heteroatoms. The van der Waals surface area contributed by atoms with Gasteiger partial charge in [0.05, 0.1) is 27.0 Å². The molecule has 2 aromatic carbocycles. The maximum atomic E-state index is 10.9. The van der Waals surface area contributed by atoms with Gasteiger partial charge in [-0.1, -0.05) is 29.3 Å². The molecule has 0 aliphatic carbocycles. The Bertz CT molecular complexity index is 971. The molecule has 0 amide bonds. The molecule has 1 aromatic heterocycles. The Morgan fingerprint density at radius 2 is 1.80 bits per heavy atom. The van der Waals surface area contributed by atoms with Crippen LogP contribution in [0.3, 0.4) is 0 Å². The van der Waals surface area contributed by atoms with Crippen molar-refractivity contribution in [3.8, 4) is 11.3 Å². The third-order valence-corrected chi connectivity index (χ3v) is 5.17. The van der Waals surface area contributed by atoms with Gasteiger partial charge in [-0.2, -0.15) is 0 Å². The van der Waals surface area contributed by atoms with Crippen LogP contribution < -0.4 is 4.80 Å². The predicted molar refractivity (Wildman–Crippen MR) is 102 cm³/mol. The molecule has 0 aliphatic rings. The number of benzene rings is 2. The number of thiazole rings is 1. The number of aromatic carboxylic acids is 1. The number of halogens is 2. The highest BCUT2D eigenvalue weighted by Gasteiger charge is 2.13. The maximum Gasteiger partial charge on any atom is 0.335 e. The van der Waals surface area contributed by atoms with Crippen LogP contribution in [-0.2, 0) is 6.54 Å². The molecule has 1 heterocycles. The van der Waals surface area contributed by atoms with Crippen molar-refractivity contribution in [3.05, 3.63) is 68.3 Å².